The summed E-state index contributed by atoms with van der Waals surface area (Å²) in [5.41, 5.74) is 7.61. The number of quaternary nitrogens is 1. The SMILES string of the molecule is CCN[N+]1(C)c2ccc(C3CCCO3)cc21. The van der Waals surface area contributed by atoms with Crippen molar-refractivity contribution < 1.29 is 4.74 Å². The van der Waals surface area contributed by atoms with E-state index in [2.05, 4.69) is 37.6 Å². The second-order valence-corrected chi connectivity index (χ2v) is 4.77. The van der Waals surface area contributed by atoms with Crippen LogP contribution in [0.1, 0.15) is 31.4 Å². The Balaban J connectivity index is 1.84. The van der Waals surface area contributed by atoms with Gasteiger partial charge in [-0.1, -0.05) is 0 Å². The van der Waals surface area contributed by atoms with Crippen molar-refractivity contribution >= 4 is 11.4 Å². The molecule has 1 aromatic rings. The lowest BCUT2D eigenvalue weighted by Crippen LogP contribution is -2.40. The number of fused-ring (bicyclic) bond motifs is 1. The third kappa shape index (κ3) is 1.39. The standard InChI is InChI=1S/C13H19N2O/c1-3-14-15(2)11-7-6-10(9-12(11)15)13-5-4-8-16-13/h6-7,9,13-14H,3-5,8H2,1-2H3/q+1. The van der Waals surface area contributed by atoms with Crippen molar-refractivity contribution in [2.45, 2.75) is 25.9 Å². The van der Waals surface area contributed by atoms with Crippen molar-refractivity contribution in [3.63, 3.8) is 0 Å². The summed E-state index contributed by atoms with van der Waals surface area (Å²) < 4.78 is 6.53. The van der Waals surface area contributed by atoms with E-state index in [9.17, 15) is 0 Å². The van der Waals surface area contributed by atoms with Crippen molar-refractivity contribution in [2.24, 2.45) is 0 Å². The van der Waals surface area contributed by atoms with Gasteiger partial charge in [-0.05, 0) is 31.4 Å². The molecule has 2 aliphatic rings. The minimum atomic E-state index is 0.334. The van der Waals surface area contributed by atoms with Crippen LogP contribution in [-0.4, -0.2) is 20.2 Å². The van der Waals surface area contributed by atoms with E-state index in [0.29, 0.717) is 6.10 Å². The van der Waals surface area contributed by atoms with E-state index >= 15 is 0 Å². The lowest BCUT2D eigenvalue weighted by atomic mass is 10.1. The highest BCUT2D eigenvalue weighted by atomic mass is 16.5. The Morgan fingerprint density at radius 1 is 1.44 bits per heavy atom. The van der Waals surface area contributed by atoms with Crippen LogP contribution in [0.15, 0.2) is 18.2 Å². The summed E-state index contributed by atoms with van der Waals surface area (Å²) >= 11 is 0. The molecular formula is C13H19N2O+. The zero-order valence-corrected chi connectivity index (χ0v) is 9.99. The van der Waals surface area contributed by atoms with Crippen LogP contribution in [0.2, 0.25) is 0 Å². The second kappa shape index (κ2) is 3.55. The van der Waals surface area contributed by atoms with E-state index in [-0.39, 0.29) is 0 Å². The highest BCUT2D eigenvalue weighted by Crippen LogP contribution is 2.53. The molecule has 1 fully saturated rings. The predicted molar refractivity (Wildman–Crippen MR) is 65.4 cm³/mol. The largest absolute Gasteiger partial charge is 0.374 e. The fourth-order valence-corrected chi connectivity index (χ4v) is 2.72. The van der Waals surface area contributed by atoms with Gasteiger partial charge in [0.2, 0.25) is 11.4 Å². The Morgan fingerprint density at radius 3 is 3.00 bits per heavy atom. The average Bonchev–Trinajstić information content (AvgIpc) is 2.73. The molecule has 16 heavy (non-hydrogen) atoms. The van der Waals surface area contributed by atoms with Gasteiger partial charge in [-0.25, -0.2) is 0 Å². The van der Waals surface area contributed by atoms with E-state index in [4.69, 9.17) is 4.74 Å². The summed E-state index contributed by atoms with van der Waals surface area (Å²) in [4.78, 5) is 0. The van der Waals surface area contributed by atoms with Gasteiger partial charge >= 0.3 is 0 Å². The molecule has 1 N–H and O–H groups in total. The third-order valence-corrected chi connectivity index (χ3v) is 3.69. The molecule has 0 bridgehead atoms. The number of ether oxygens (including phenoxy) is 1. The molecule has 1 saturated heterocycles. The van der Waals surface area contributed by atoms with Crippen molar-refractivity contribution in [3.8, 4) is 0 Å². The Morgan fingerprint density at radius 2 is 2.31 bits per heavy atom. The summed E-state index contributed by atoms with van der Waals surface area (Å²) in [6, 6.07) is 6.75. The Bertz CT molecular complexity index is 412. The molecule has 0 saturated carbocycles. The number of nitrogens with zero attached hydrogens (tertiary/aromatic N) is 1. The molecule has 0 spiro atoms. The molecule has 0 amide bonds. The minimum absolute atomic E-state index is 0.334. The summed E-state index contributed by atoms with van der Waals surface area (Å²) in [5.74, 6) is 0. The fourth-order valence-electron chi connectivity index (χ4n) is 2.72. The maximum Gasteiger partial charge on any atom is 0.221 e. The normalized spacial score (nSPS) is 31.5. The van der Waals surface area contributed by atoms with Crippen LogP contribution in [-0.2, 0) is 4.74 Å². The average molecular weight is 219 g/mol. The first-order valence-electron chi connectivity index (χ1n) is 6.14. The summed E-state index contributed by atoms with van der Waals surface area (Å²) in [7, 11) is 2.20. The molecule has 2 atom stereocenters. The zero-order valence-electron chi connectivity index (χ0n) is 9.99. The molecule has 3 heteroatoms. The first-order valence-corrected chi connectivity index (χ1v) is 6.14. The Labute approximate surface area is 96.6 Å². The van der Waals surface area contributed by atoms with Crippen molar-refractivity contribution in [3.05, 3.63) is 23.8 Å². The van der Waals surface area contributed by atoms with Crippen LogP contribution in [0.25, 0.3) is 0 Å². The van der Waals surface area contributed by atoms with E-state index in [0.717, 1.165) is 17.7 Å². The zero-order chi connectivity index (χ0) is 11.2. The molecule has 2 aliphatic heterocycles. The lowest BCUT2D eigenvalue weighted by Gasteiger charge is -2.10. The maximum atomic E-state index is 5.72. The fraction of sp³-hybridized carbons (Fsp3) is 0.538. The first-order chi connectivity index (χ1) is 7.75. The van der Waals surface area contributed by atoms with Gasteiger partial charge in [0.1, 0.15) is 0 Å². The summed E-state index contributed by atoms with van der Waals surface area (Å²) in [6.45, 7) is 4.05. The first kappa shape index (κ1) is 10.3. The molecule has 2 heterocycles. The maximum absolute atomic E-state index is 5.72. The molecule has 1 aromatic carbocycles. The number of rotatable bonds is 3. The van der Waals surface area contributed by atoms with Gasteiger partial charge in [0.25, 0.3) is 0 Å². The number of benzene rings is 1. The van der Waals surface area contributed by atoms with Gasteiger partial charge < -0.3 is 4.74 Å². The van der Waals surface area contributed by atoms with Crippen molar-refractivity contribution in [1.82, 2.24) is 10.0 Å². The molecule has 0 radical (unpaired) electrons. The molecule has 0 aliphatic carbocycles. The topological polar surface area (TPSA) is 21.3 Å². The minimum Gasteiger partial charge on any atom is -0.374 e. The third-order valence-electron chi connectivity index (χ3n) is 3.69. The van der Waals surface area contributed by atoms with Gasteiger partial charge in [-0.3, -0.25) is 0 Å². The van der Waals surface area contributed by atoms with Gasteiger partial charge in [0.05, 0.1) is 13.2 Å². The van der Waals surface area contributed by atoms with Crippen molar-refractivity contribution in [1.29, 1.82) is 0 Å². The van der Waals surface area contributed by atoms with Gasteiger partial charge in [0, 0.05) is 25.3 Å². The van der Waals surface area contributed by atoms with Crippen LogP contribution in [0.3, 0.4) is 0 Å². The van der Waals surface area contributed by atoms with Gasteiger partial charge in [-0.15, -0.1) is 0 Å². The second-order valence-electron chi connectivity index (χ2n) is 4.77. The molecule has 3 rings (SSSR count). The van der Waals surface area contributed by atoms with E-state index < -0.39 is 0 Å². The highest BCUT2D eigenvalue weighted by Gasteiger charge is 2.50. The van der Waals surface area contributed by atoms with Crippen LogP contribution in [0.4, 0.5) is 11.4 Å². The molecule has 86 valence electrons. The Kier molecular flexibility index (Phi) is 2.28. The van der Waals surface area contributed by atoms with Gasteiger partial charge in [0.15, 0.2) is 0 Å². The molecule has 0 aromatic heterocycles. The van der Waals surface area contributed by atoms with Gasteiger partial charge in [-0.2, -0.15) is 10.0 Å². The molecule has 2 unspecified atom stereocenters. The Hall–Kier alpha value is -0.900. The smallest absolute Gasteiger partial charge is 0.221 e. The van der Waals surface area contributed by atoms with Crippen LogP contribution < -0.4 is 10.0 Å². The number of nitrogens with one attached hydrogen (secondary N) is 1. The van der Waals surface area contributed by atoms with Crippen LogP contribution in [0.5, 0.6) is 0 Å². The molecule has 3 nitrogen and oxygen atoms in total. The van der Waals surface area contributed by atoms with E-state index in [1.165, 1.54) is 29.8 Å². The predicted octanol–water partition coefficient (Wildman–Crippen LogP) is 2.64. The summed E-state index contributed by atoms with van der Waals surface area (Å²) in [6.07, 6.45) is 2.70. The molecular weight excluding hydrogens is 200 g/mol. The van der Waals surface area contributed by atoms with Crippen LogP contribution in [0, 0.1) is 0 Å². The van der Waals surface area contributed by atoms with E-state index in [1.807, 2.05) is 0 Å². The van der Waals surface area contributed by atoms with Crippen LogP contribution >= 0.6 is 0 Å². The lowest BCUT2D eigenvalue weighted by molar-refractivity contribution is 0.112. The summed E-state index contributed by atoms with van der Waals surface area (Å²) in [5, 5.41) is 0. The van der Waals surface area contributed by atoms with Crippen molar-refractivity contribution in [2.75, 3.05) is 20.2 Å². The quantitative estimate of drug-likeness (QED) is 0.623. The number of hydrogen-bond donors (Lipinski definition) is 1. The monoisotopic (exact) mass is 219 g/mol. The highest BCUT2D eigenvalue weighted by molar-refractivity contribution is 5.86. The van der Waals surface area contributed by atoms with E-state index in [1.54, 1.807) is 0 Å². The number of hydrogen-bond acceptors (Lipinski definition) is 2.